The molecule has 5 heteroatoms. The molecule has 1 heterocycles. The maximum atomic E-state index is 12.4. The number of fused-ring (bicyclic) bond motifs is 1. The van der Waals surface area contributed by atoms with Crippen molar-refractivity contribution in [3.63, 3.8) is 0 Å². The highest BCUT2D eigenvalue weighted by Gasteiger charge is 2.19. The molecule has 3 rings (SSSR count). The van der Waals surface area contributed by atoms with Crippen molar-refractivity contribution in [2.24, 2.45) is 0 Å². The van der Waals surface area contributed by atoms with E-state index in [0.717, 1.165) is 34.2 Å². The number of H-pyrrole nitrogens is 1. The Kier molecular flexibility index (Phi) is 5.36. The number of aromatic nitrogens is 1. The summed E-state index contributed by atoms with van der Waals surface area (Å²) in [4.78, 5) is 15.6. The first-order valence-electron chi connectivity index (χ1n) is 8.22. The van der Waals surface area contributed by atoms with Crippen LogP contribution in [0.25, 0.3) is 10.9 Å². The van der Waals surface area contributed by atoms with Gasteiger partial charge in [0.15, 0.2) is 6.10 Å². The van der Waals surface area contributed by atoms with E-state index >= 15 is 0 Å². The normalized spacial score (nSPS) is 12.1. The third-order valence-electron chi connectivity index (χ3n) is 4.24. The Morgan fingerprint density at radius 2 is 1.96 bits per heavy atom. The van der Waals surface area contributed by atoms with E-state index in [1.165, 1.54) is 0 Å². The van der Waals surface area contributed by atoms with Gasteiger partial charge < -0.3 is 19.8 Å². The Hall–Kier alpha value is -2.79. The van der Waals surface area contributed by atoms with Crippen molar-refractivity contribution in [1.29, 1.82) is 0 Å². The molecule has 5 nitrogen and oxygen atoms in total. The molecule has 25 heavy (non-hydrogen) atoms. The molecule has 0 fully saturated rings. The molecule has 0 aliphatic carbocycles. The zero-order valence-corrected chi connectivity index (χ0v) is 14.4. The topological polar surface area (TPSA) is 63.3 Å². The number of carbonyl (C=O) groups is 1. The number of nitrogens with one attached hydrogen (secondary N) is 2. The van der Waals surface area contributed by atoms with Gasteiger partial charge in [-0.2, -0.15) is 0 Å². The Bertz CT molecular complexity index is 843. The van der Waals surface area contributed by atoms with Crippen molar-refractivity contribution in [3.8, 4) is 5.75 Å². The van der Waals surface area contributed by atoms with Gasteiger partial charge in [0.25, 0.3) is 5.91 Å². The smallest absolute Gasteiger partial charge is 0.253 e. The second-order valence-electron chi connectivity index (χ2n) is 5.79. The number of methoxy groups -OCH3 is 2. The molecule has 1 amide bonds. The Labute approximate surface area is 147 Å². The van der Waals surface area contributed by atoms with Gasteiger partial charge in [-0.3, -0.25) is 4.79 Å². The maximum absolute atomic E-state index is 12.4. The Balaban J connectivity index is 1.63. The van der Waals surface area contributed by atoms with Crippen molar-refractivity contribution >= 4 is 16.8 Å². The fourth-order valence-electron chi connectivity index (χ4n) is 2.93. The number of rotatable bonds is 7. The van der Waals surface area contributed by atoms with Crippen LogP contribution >= 0.6 is 0 Å². The van der Waals surface area contributed by atoms with E-state index < -0.39 is 6.10 Å². The van der Waals surface area contributed by atoms with E-state index in [-0.39, 0.29) is 5.91 Å². The highest BCUT2D eigenvalue weighted by Crippen LogP contribution is 2.24. The van der Waals surface area contributed by atoms with E-state index in [4.69, 9.17) is 9.47 Å². The SMILES string of the molecule is COc1ccc2[nH]cc(CCNC(=O)C(OC)c3ccccc3)c2c1. The number of hydrogen-bond acceptors (Lipinski definition) is 3. The highest BCUT2D eigenvalue weighted by molar-refractivity contribution is 5.85. The third kappa shape index (κ3) is 3.83. The summed E-state index contributed by atoms with van der Waals surface area (Å²) in [6, 6.07) is 15.4. The summed E-state index contributed by atoms with van der Waals surface area (Å²) in [5.74, 6) is 0.687. The minimum absolute atomic E-state index is 0.133. The van der Waals surface area contributed by atoms with Gasteiger partial charge in [0.05, 0.1) is 7.11 Å². The second-order valence-corrected chi connectivity index (χ2v) is 5.79. The van der Waals surface area contributed by atoms with Crippen molar-refractivity contribution in [1.82, 2.24) is 10.3 Å². The van der Waals surface area contributed by atoms with Crippen molar-refractivity contribution in [2.75, 3.05) is 20.8 Å². The van der Waals surface area contributed by atoms with Gasteiger partial charge in [-0.05, 0) is 35.7 Å². The average molecular weight is 338 g/mol. The quantitative estimate of drug-likeness (QED) is 0.695. The molecule has 3 aromatic rings. The first-order chi connectivity index (χ1) is 12.2. The van der Waals surface area contributed by atoms with Crippen molar-refractivity contribution in [3.05, 3.63) is 65.9 Å². The van der Waals surface area contributed by atoms with E-state index in [0.29, 0.717) is 6.54 Å². The molecule has 0 aliphatic rings. The van der Waals surface area contributed by atoms with Crippen LogP contribution in [0.15, 0.2) is 54.7 Å². The van der Waals surface area contributed by atoms with Gasteiger partial charge in [0, 0.05) is 30.8 Å². The van der Waals surface area contributed by atoms with Gasteiger partial charge in [-0.25, -0.2) is 0 Å². The molecule has 130 valence electrons. The van der Waals surface area contributed by atoms with Crippen LogP contribution in [0.4, 0.5) is 0 Å². The summed E-state index contributed by atoms with van der Waals surface area (Å²) in [5.41, 5.74) is 3.04. The second kappa shape index (κ2) is 7.85. The Morgan fingerprint density at radius 3 is 2.68 bits per heavy atom. The van der Waals surface area contributed by atoms with Crippen LogP contribution in [0.1, 0.15) is 17.2 Å². The molecule has 1 atom stereocenters. The number of hydrogen-bond donors (Lipinski definition) is 2. The lowest BCUT2D eigenvalue weighted by Gasteiger charge is -2.15. The van der Waals surface area contributed by atoms with Crippen LogP contribution in [0, 0.1) is 0 Å². The first-order valence-corrected chi connectivity index (χ1v) is 8.22. The fraction of sp³-hybridized carbons (Fsp3) is 0.250. The lowest BCUT2D eigenvalue weighted by molar-refractivity contribution is -0.131. The number of carbonyl (C=O) groups excluding carboxylic acids is 1. The molecule has 0 radical (unpaired) electrons. The molecular weight excluding hydrogens is 316 g/mol. The van der Waals surface area contributed by atoms with Crippen molar-refractivity contribution < 1.29 is 14.3 Å². The average Bonchev–Trinajstić information content (AvgIpc) is 3.05. The van der Waals surface area contributed by atoms with E-state index in [1.807, 2.05) is 54.7 Å². The highest BCUT2D eigenvalue weighted by atomic mass is 16.5. The fourth-order valence-corrected chi connectivity index (χ4v) is 2.93. The molecule has 0 saturated heterocycles. The van der Waals surface area contributed by atoms with E-state index in [9.17, 15) is 4.79 Å². The van der Waals surface area contributed by atoms with Gasteiger partial charge in [0.1, 0.15) is 5.75 Å². The van der Waals surface area contributed by atoms with Gasteiger partial charge in [-0.15, -0.1) is 0 Å². The van der Waals surface area contributed by atoms with Crippen LogP contribution in [-0.4, -0.2) is 31.7 Å². The lowest BCUT2D eigenvalue weighted by Crippen LogP contribution is -2.31. The molecule has 0 aliphatic heterocycles. The minimum atomic E-state index is -0.593. The molecule has 1 aromatic heterocycles. The van der Waals surface area contributed by atoms with Crippen molar-refractivity contribution in [2.45, 2.75) is 12.5 Å². The number of benzene rings is 2. The zero-order valence-electron chi connectivity index (χ0n) is 14.4. The molecule has 0 saturated carbocycles. The van der Waals surface area contributed by atoms with Crippen LogP contribution in [-0.2, 0) is 16.0 Å². The van der Waals surface area contributed by atoms with Crippen LogP contribution in [0.3, 0.4) is 0 Å². The van der Waals surface area contributed by atoms with E-state index in [1.54, 1.807) is 14.2 Å². The van der Waals surface area contributed by atoms with Gasteiger partial charge in [-0.1, -0.05) is 30.3 Å². The van der Waals surface area contributed by atoms with Crippen LogP contribution in [0.5, 0.6) is 5.75 Å². The molecule has 2 N–H and O–H groups in total. The third-order valence-corrected chi connectivity index (χ3v) is 4.24. The largest absolute Gasteiger partial charge is 0.497 e. The summed E-state index contributed by atoms with van der Waals surface area (Å²) in [6.07, 6.45) is 2.11. The number of aromatic amines is 1. The van der Waals surface area contributed by atoms with Crippen LogP contribution < -0.4 is 10.1 Å². The molecular formula is C20H22N2O3. The molecule has 2 aromatic carbocycles. The summed E-state index contributed by atoms with van der Waals surface area (Å²) >= 11 is 0. The first kappa shape index (κ1) is 17.0. The summed E-state index contributed by atoms with van der Waals surface area (Å²) in [5, 5.41) is 4.07. The molecule has 0 bridgehead atoms. The monoisotopic (exact) mass is 338 g/mol. The standard InChI is InChI=1S/C20H22N2O3/c1-24-16-8-9-18-17(12-16)15(13-22-18)10-11-21-20(23)19(25-2)14-6-4-3-5-7-14/h3-9,12-13,19,22H,10-11H2,1-2H3,(H,21,23). The van der Waals surface area contributed by atoms with E-state index in [2.05, 4.69) is 10.3 Å². The minimum Gasteiger partial charge on any atom is -0.497 e. The molecule has 1 unspecified atom stereocenters. The summed E-state index contributed by atoms with van der Waals surface area (Å²) in [7, 11) is 3.20. The summed E-state index contributed by atoms with van der Waals surface area (Å²) < 4.78 is 10.6. The van der Waals surface area contributed by atoms with Crippen LogP contribution in [0.2, 0.25) is 0 Å². The number of amides is 1. The summed E-state index contributed by atoms with van der Waals surface area (Å²) in [6.45, 7) is 0.537. The number of ether oxygens (including phenoxy) is 2. The molecule has 0 spiro atoms. The predicted octanol–water partition coefficient (Wildman–Crippen LogP) is 3.22. The zero-order chi connectivity index (χ0) is 17.6. The van der Waals surface area contributed by atoms with Gasteiger partial charge >= 0.3 is 0 Å². The Morgan fingerprint density at radius 1 is 1.16 bits per heavy atom. The van der Waals surface area contributed by atoms with Gasteiger partial charge in [0.2, 0.25) is 0 Å². The lowest BCUT2D eigenvalue weighted by atomic mass is 10.1. The maximum Gasteiger partial charge on any atom is 0.253 e. The predicted molar refractivity (Wildman–Crippen MR) is 97.8 cm³/mol.